The fourth-order valence-corrected chi connectivity index (χ4v) is 2.18. The first-order chi connectivity index (χ1) is 7.17. The van der Waals surface area contributed by atoms with E-state index in [-0.39, 0.29) is 0 Å². The summed E-state index contributed by atoms with van der Waals surface area (Å²) in [5, 5.41) is 0.773. The summed E-state index contributed by atoms with van der Waals surface area (Å²) >= 11 is 4.99. The summed E-state index contributed by atoms with van der Waals surface area (Å²) in [7, 11) is 1.61. The van der Waals surface area contributed by atoms with Crippen molar-refractivity contribution in [3.05, 3.63) is 10.7 Å². The second-order valence-electron chi connectivity index (χ2n) is 3.33. The van der Waals surface area contributed by atoms with Crippen LogP contribution in [0.5, 0.6) is 5.88 Å². The van der Waals surface area contributed by atoms with Gasteiger partial charge in [0.25, 0.3) is 0 Å². The summed E-state index contributed by atoms with van der Waals surface area (Å²) < 4.78 is 5.90. The maximum atomic E-state index is 5.11. The molecule has 15 heavy (non-hydrogen) atoms. The summed E-state index contributed by atoms with van der Waals surface area (Å²) in [5.41, 5.74) is 0. The summed E-state index contributed by atoms with van der Waals surface area (Å²) in [6, 6.07) is 0. The normalized spacial score (nSPS) is 12.5. The summed E-state index contributed by atoms with van der Waals surface area (Å²) in [6.07, 6.45) is 2.91. The van der Waals surface area contributed by atoms with Crippen LogP contribution in [0.25, 0.3) is 0 Å². The van der Waals surface area contributed by atoms with Gasteiger partial charge < -0.3 is 4.74 Å². The van der Waals surface area contributed by atoms with Gasteiger partial charge in [-0.25, -0.2) is 4.98 Å². The average Bonchev–Trinajstić information content (AvgIpc) is 2.27. The molecule has 3 nitrogen and oxygen atoms in total. The van der Waals surface area contributed by atoms with Crippen molar-refractivity contribution in [3.63, 3.8) is 0 Å². The summed E-state index contributed by atoms with van der Waals surface area (Å²) in [6.45, 7) is 4.41. The molecule has 5 heteroatoms. The van der Waals surface area contributed by atoms with Gasteiger partial charge in [0.1, 0.15) is 0 Å². The molecule has 1 aromatic rings. The third kappa shape index (κ3) is 3.99. The maximum absolute atomic E-state index is 5.11. The van der Waals surface area contributed by atoms with Crippen LogP contribution in [0.3, 0.4) is 0 Å². The van der Waals surface area contributed by atoms with Crippen molar-refractivity contribution >= 4 is 27.7 Å². The van der Waals surface area contributed by atoms with E-state index < -0.39 is 0 Å². The fraction of sp³-hybridized carbons (Fsp3) is 0.600. The van der Waals surface area contributed by atoms with Crippen LogP contribution >= 0.6 is 27.7 Å². The van der Waals surface area contributed by atoms with Crippen molar-refractivity contribution in [2.24, 2.45) is 5.92 Å². The van der Waals surface area contributed by atoms with E-state index >= 15 is 0 Å². The first-order valence-corrected chi connectivity index (χ1v) is 6.64. The first kappa shape index (κ1) is 12.8. The largest absolute Gasteiger partial charge is 0.480 e. The highest BCUT2D eigenvalue weighted by atomic mass is 79.9. The smallest absolute Gasteiger partial charge is 0.231 e. The van der Waals surface area contributed by atoms with E-state index in [4.69, 9.17) is 4.74 Å². The SMILES string of the molecule is CCC(C)CSc1ncc(Br)c(OC)n1. The molecule has 0 saturated heterocycles. The van der Waals surface area contributed by atoms with Crippen LogP contribution in [0.15, 0.2) is 15.8 Å². The number of nitrogens with zero attached hydrogens (tertiary/aromatic N) is 2. The maximum Gasteiger partial charge on any atom is 0.231 e. The van der Waals surface area contributed by atoms with Crippen molar-refractivity contribution in [1.82, 2.24) is 9.97 Å². The molecule has 0 aliphatic carbocycles. The minimum atomic E-state index is 0.594. The Hall–Kier alpha value is -0.290. The van der Waals surface area contributed by atoms with Gasteiger partial charge in [0.15, 0.2) is 5.16 Å². The van der Waals surface area contributed by atoms with Crippen molar-refractivity contribution in [1.29, 1.82) is 0 Å². The second-order valence-corrected chi connectivity index (χ2v) is 5.18. The zero-order valence-electron chi connectivity index (χ0n) is 9.16. The third-order valence-corrected chi connectivity index (χ3v) is 3.81. The standard InChI is InChI=1S/C10H15BrN2OS/c1-4-7(2)6-15-10-12-5-8(11)9(13-10)14-3/h5,7H,4,6H2,1-3H3. The van der Waals surface area contributed by atoms with Gasteiger partial charge >= 0.3 is 0 Å². The van der Waals surface area contributed by atoms with Crippen LogP contribution in [0, 0.1) is 5.92 Å². The van der Waals surface area contributed by atoms with E-state index in [1.807, 2.05) is 0 Å². The van der Waals surface area contributed by atoms with Crippen molar-refractivity contribution < 1.29 is 4.74 Å². The zero-order chi connectivity index (χ0) is 11.3. The van der Waals surface area contributed by atoms with Crippen LogP contribution < -0.4 is 4.74 Å². The number of hydrogen-bond donors (Lipinski definition) is 0. The molecule has 0 radical (unpaired) electrons. The molecular weight excluding hydrogens is 276 g/mol. The molecule has 0 N–H and O–H groups in total. The van der Waals surface area contributed by atoms with Crippen LogP contribution in [0.4, 0.5) is 0 Å². The van der Waals surface area contributed by atoms with Gasteiger partial charge in [-0.1, -0.05) is 32.0 Å². The molecule has 84 valence electrons. The Morgan fingerprint density at radius 2 is 2.33 bits per heavy atom. The number of halogens is 1. The average molecular weight is 291 g/mol. The van der Waals surface area contributed by atoms with Crippen molar-refractivity contribution in [2.75, 3.05) is 12.9 Å². The number of methoxy groups -OCH3 is 1. The van der Waals surface area contributed by atoms with E-state index in [0.717, 1.165) is 15.4 Å². The van der Waals surface area contributed by atoms with E-state index in [1.54, 1.807) is 25.1 Å². The van der Waals surface area contributed by atoms with Crippen LogP contribution in [-0.2, 0) is 0 Å². The number of ether oxygens (including phenoxy) is 1. The molecule has 1 unspecified atom stereocenters. The van der Waals surface area contributed by atoms with Crippen LogP contribution in [0.2, 0.25) is 0 Å². The Morgan fingerprint density at radius 1 is 1.60 bits per heavy atom. The molecule has 0 spiro atoms. The molecular formula is C10H15BrN2OS. The highest BCUT2D eigenvalue weighted by Crippen LogP contribution is 2.25. The minimum Gasteiger partial charge on any atom is -0.480 e. The first-order valence-electron chi connectivity index (χ1n) is 4.86. The predicted octanol–water partition coefficient (Wildman–Crippen LogP) is 3.39. The molecule has 0 saturated carbocycles. The highest BCUT2D eigenvalue weighted by molar-refractivity contribution is 9.10. The van der Waals surface area contributed by atoms with Gasteiger partial charge in [0.2, 0.25) is 5.88 Å². The number of thioether (sulfide) groups is 1. The second kappa shape index (κ2) is 6.33. The Balaban J connectivity index is 2.62. The van der Waals surface area contributed by atoms with Gasteiger partial charge in [0.05, 0.1) is 11.6 Å². The summed E-state index contributed by atoms with van der Waals surface area (Å²) in [5.74, 6) is 2.33. The Kier molecular flexibility index (Phi) is 5.39. The Bertz CT molecular complexity index is 322. The molecule has 0 aliphatic rings. The molecule has 0 aromatic carbocycles. The minimum absolute atomic E-state index is 0.594. The van der Waals surface area contributed by atoms with E-state index in [2.05, 4.69) is 39.7 Å². The molecule has 0 fully saturated rings. The van der Waals surface area contributed by atoms with Gasteiger partial charge in [0, 0.05) is 11.9 Å². The van der Waals surface area contributed by atoms with Crippen LogP contribution in [0.1, 0.15) is 20.3 Å². The zero-order valence-corrected chi connectivity index (χ0v) is 11.6. The lowest BCUT2D eigenvalue weighted by Crippen LogP contribution is -1.98. The number of hydrogen-bond acceptors (Lipinski definition) is 4. The topological polar surface area (TPSA) is 35.0 Å². The Morgan fingerprint density at radius 3 is 2.93 bits per heavy atom. The third-order valence-electron chi connectivity index (χ3n) is 2.08. The lowest BCUT2D eigenvalue weighted by molar-refractivity contribution is 0.389. The van der Waals surface area contributed by atoms with E-state index in [0.29, 0.717) is 11.8 Å². The van der Waals surface area contributed by atoms with Crippen LogP contribution in [-0.4, -0.2) is 22.8 Å². The molecule has 0 bridgehead atoms. The lowest BCUT2D eigenvalue weighted by Gasteiger charge is -2.07. The number of aromatic nitrogens is 2. The van der Waals surface area contributed by atoms with Gasteiger partial charge in [-0.15, -0.1) is 0 Å². The molecule has 1 heterocycles. The van der Waals surface area contributed by atoms with Crippen molar-refractivity contribution in [2.45, 2.75) is 25.4 Å². The number of rotatable bonds is 5. The summed E-state index contributed by atoms with van der Waals surface area (Å²) in [4.78, 5) is 8.50. The lowest BCUT2D eigenvalue weighted by atomic mass is 10.2. The molecule has 1 aromatic heterocycles. The monoisotopic (exact) mass is 290 g/mol. The van der Waals surface area contributed by atoms with E-state index in [1.165, 1.54) is 6.42 Å². The predicted molar refractivity (Wildman–Crippen MR) is 66.5 cm³/mol. The highest BCUT2D eigenvalue weighted by Gasteiger charge is 2.07. The van der Waals surface area contributed by atoms with Gasteiger partial charge in [-0.3, -0.25) is 0 Å². The van der Waals surface area contributed by atoms with Gasteiger partial charge in [-0.2, -0.15) is 4.98 Å². The Labute approximate surface area is 103 Å². The van der Waals surface area contributed by atoms with E-state index in [9.17, 15) is 0 Å². The molecule has 0 aliphatic heterocycles. The van der Waals surface area contributed by atoms with Gasteiger partial charge in [-0.05, 0) is 21.8 Å². The molecule has 1 atom stereocenters. The molecule has 0 amide bonds. The molecule has 1 rings (SSSR count). The quantitative estimate of drug-likeness (QED) is 0.615. The van der Waals surface area contributed by atoms with Crippen molar-refractivity contribution in [3.8, 4) is 5.88 Å². The fourth-order valence-electron chi connectivity index (χ4n) is 0.884.